The minimum Gasteiger partial charge on any atom is -0.361 e. The number of nitrogens with one attached hydrogen (secondary N) is 2. The van der Waals surface area contributed by atoms with Gasteiger partial charge < -0.3 is 10.3 Å². The summed E-state index contributed by atoms with van der Waals surface area (Å²) in [6.45, 7) is 0. The van der Waals surface area contributed by atoms with Gasteiger partial charge in [-0.05, 0) is 48.0 Å². The third-order valence-corrected chi connectivity index (χ3v) is 4.42. The van der Waals surface area contributed by atoms with Gasteiger partial charge in [0.2, 0.25) is 0 Å². The van der Waals surface area contributed by atoms with Gasteiger partial charge in [0.05, 0.1) is 11.2 Å². The van der Waals surface area contributed by atoms with Gasteiger partial charge in [-0.2, -0.15) is 0 Å². The number of carbonyl (C=O) groups excluding carboxylic acids is 1. The number of aromatic nitrogens is 2. The first-order valence-corrected chi connectivity index (χ1v) is 8.50. The molecule has 4 rings (SSSR count). The van der Waals surface area contributed by atoms with Crippen LogP contribution in [0.1, 0.15) is 10.4 Å². The number of hydrogen-bond donors (Lipinski definition) is 2. The molecule has 2 N–H and O–H groups in total. The van der Waals surface area contributed by atoms with Crippen LogP contribution < -0.4 is 5.32 Å². The highest BCUT2D eigenvalue weighted by Crippen LogP contribution is 2.27. The van der Waals surface area contributed by atoms with Crippen molar-refractivity contribution >= 4 is 38.4 Å². The van der Waals surface area contributed by atoms with Crippen molar-refractivity contribution in [3.05, 3.63) is 83.1 Å². The minimum atomic E-state index is -0.160. The van der Waals surface area contributed by atoms with Crippen molar-refractivity contribution in [2.24, 2.45) is 0 Å². The first-order chi connectivity index (χ1) is 12.2. The third kappa shape index (κ3) is 3.19. The molecule has 0 atom stereocenters. The Kier molecular flexibility index (Phi) is 4.07. The molecule has 0 bridgehead atoms. The van der Waals surface area contributed by atoms with Crippen molar-refractivity contribution < 1.29 is 4.79 Å². The van der Waals surface area contributed by atoms with Gasteiger partial charge in [-0.15, -0.1) is 0 Å². The topological polar surface area (TPSA) is 57.8 Å². The Hall–Kier alpha value is -2.92. The Balaban J connectivity index is 1.74. The van der Waals surface area contributed by atoms with Crippen LogP contribution in [-0.2, 0) is 0 Å². The Morgan fingerprint density at radius 2 is 2.08 bits per heavy atom. The summed E-state index contributed by atoms with van der Waals surface area (Å²) in [6.07, 6.45) is 3.46. The van der Waals surface area contributed by atoms with Gasteiger partial charge in [0.25, 0.3) is 5.91 Å². The predicted molar refractivity (Wildman–Crippen MR) is 102 cm³/mol. The van der Waals surface area contributed by atoms with E-state index in [0.717, 1.165) is 32.3 Å². The number of benzene rings is 2. The first-order valence-electron chi connectivity index (χ1n) is 7.71. The summed E-state index contributed by atoms with van der Waals surface area (Å²) in [4.78, 5) is 20.1. The molecule has 0 aliphatic heterocycles. The smallest absolute Gasteiger partial charge is 0.255 e. The van der Waals surface area contributed by atoms with Crippen LogP contribution in [0.5, 0.6) is 0 Å². The average Bonchev–Trinajstić information content (AvgIpc) is 3.16. The molecule has 0 aliphatic rings. The van der Waals surface area contributed by atoms with E-state index in [9.17, 15) is 4.79 Å². The number of anilines is 1. The van der Waals surface area contributed by atoms with Crippen molar-refractivity contribution in [2.45, 2.75) is 0 Å². The molecule has 2 heterocycles. The van der Waals surface area contributed by atoms with Crippen molar-refractivity contribution in [1.29, 1.82) is 0 Å². The zero-order chi connectivity index (χ0) is 17.2. The highest BCUT2D eigenvalue weighted by molar-refractivity contribution is 9.10. The maximum atomic E-state index is 12.6. The number of nitrogens with zero attached hydrogens (tertiary/aromatic N) is 1. The van der Waals surface area contributed by atoms with Crippen LogP contribution >= 0.6 is 15.9 Å². The standard InChI is InChI=1S/C20H13BrN3O/c21-15-4-1-3-14(11-15)20(25)24-19-8-10-23-18-7-6-13(12-16(18)19)17-5-2-9-22-17/h1,3-12,22H,(H,23,24,25). The minimum absolute atomic E-state index is 0.160. The van der Waals surface area contributed by atoms with E-state index < -0.39 is 0 Å². The molecule has 0 spiro atoms. The number of halogens is 1. The number of hydrogen-bond acceptors (Lipinski definition) is 2. The van der Waals surface area contributed by atoms with Crippen LogP contribution in [0, 0.1) is 6.07 Å². The van der Waals surface area contributed by atoms with Gasteiger partial charge in [0.15, 0.2) is 0 Å². The molecule has 4 aromatic rings. The normalized spacial score (nSPS) is 10.8. The fourth-order valence-corrected chi connectivity index (χ4v) is 3.10. The van der Waals surface area contributed by atoms with E-state index in [1.54, 1.807) is 24.5 Å². The third-order valence-electron chi connectivity index (χ3n) is 3.93. The molecule has 0 saturated carbocycles. The number of aromatic amines is 1. The molecule has 0 unspecified atom stereocenters. The van der Waals surface area contributed by atoms with Gasteiger partial charge in [-0.3, -0.25) is 9.78 Å². The van der Waals surface area contributed by atoms with Gasteiger partial charge in [-0.25, -0.2) is 0 Å². The SMILES string of the molecule is O=C(Nc1ccnc2ccc(-c3c[c]c[nH]3)cc12)c1cccc(Br)c1. The maximum Gasteiger partial charge on any atom is 0.255 e. The lowest BCUT2D eigenvalue weighted by atomic mass is 10.1. The lowest BCUT2D eigenvalue weighted by molar-refractivity contribution is 0.102. The molecule has 5 heteroatoms. The van der Waals surface area contributed by atoms with Crippen molar-refractivity contribution in [3.8, 4) is 11.3 Å². The van der Waals surface area contributed by atoms with Crippen LogP contribution in [0.2, 0.25) is 0 Å². The summed E-state index contributed by atoms with van der Waals surface area (Å²) in [5.74, 6) is -0.160. The summed E-state index contributed by atoms with van der Waals surface area (Å²) >= 11 is 3.39. The van der Waals surface area contributed by atoms with E-state index in [-0.39, 0.29) is 5.91 Å². The largest absolute Gasteiger partial charge is 0.361 e. The lowest BCUT2D eigenvalue weighted by Gasteiger charge is -2.10. The summed E-state index contributed by atoms with van der Waals surface area (Å²) in [7, 11) is 0. The second-order valence-electron chi connectivity index (χ2n) is 5.57. The van der Waals surface area contributed by atoms with Crippen molar-refractivity contribution in [1.82, 2.24) is 9.97 Å². The molecule has 1 radical (unpaired) electrons. The van der Waals surface area contributed by atoms with Crippen LogP contribution in [0.3, 0.4) is 0 Å². The van der Waals surface area contributed by atoms with Gasteiger partial charge >= 0.3 is 0 Å². The zero-order valence-electron chi connectivity index (χ0n) is 13.1. The Labute approximate surface area is 153 Å². The van der Waals surface area contributed by atoms with Crippen LogP contribution in [-0.4, -0.2) is 15.9 Å². The van der Waals surface area contributed by atoms with Gasteiger partial charge in [-0.1, -0.05) is 28.1 Å². The number of rotatable bonds is 3. The molecule has 0 saturated heterocycles. The summed E-state index contributed by atoms with van der Waals surface area (Å²) in [5.41, 5.74) is 4.13. The first kappa shape index (κ1) is 15.6. The molecular formula is C20H13BrN3O. The van der Waals surface area contributed by atoms with E-state index in [4.69, 9.17) is 0 Å². The molecular weight excluding hydrogens is 378 g/mol. The average molecular weight is 391 g/mol. The second-order valence-corrected chi connectivity index (χ2v) is 6.48. The highest BCUT2D eigenvalue weighted by atomic mass is 79.9. The molecule has 0 aliphatic carbocycles. The number of pyridine rings is 1. The molecule has 2 aromatic heterocycles. The van der Waals surface area contributed by atoms with Gasteiger partial charge in [0, 0.05) is 39.6 Å². The summed E-state index contributed by atoms with van der Waals surface area (Å²) in [6, 6.07) is 19.9. The second kappa shape index (κ2) is 6.53. The van der Waals surface area contributed by atoms with Crippen molar-refractivity contribution in [2.75, 3.05) is 5.32 Å². The maximum absolute atomic E-state index is 12.6. The van der Waals surface area contributed by atoms with E-state index in [0.29, 0.717) is 5.56 Å². The zero-order valence-corrected chi connectivity index (χ0v) is 14.7. The highest BCUT2D eigenvalue weighted by Gasteiger charge is 2.10. The van der Waals surface area contributed by atoms with Crippen molar-refractivity contribution in [3.63, 3.8) is 0 Å². The Morgan fingerprint density at radius 1 is 1.16 bits per heavy atom. The molecule has 121 valence electrons. The predicted octanol–water partition coefficient (Wildman–Crippen LogP) is 5.04. The van der Waals surface area contributed by atoms with Crippen LogP contribution in [0.15, 0.2) is 71.5 Å². The fraction of sp³-hybridized carbons (Fsp3) is 0. The Morgan fingerprint density at radius 3 is 2.88 bits per heavy atom. The van der Waals surface area contributed by atoms with Crippen LogP contribution in [0.25, 0.3) is 22.2 Å². The fourth-order valence-electron chi connectivity index (χ4n) is 2.70. The molecule has 4 nitrogen and oxygen atoms in total. The van der Waals surface area contributed by atoms with E-state index in [1.807, 2.05) is 42.5 Å². The number of fused-ring (bicyclic) bond motifs is 1. The van der Waals surface area contributed by atoms with Crippen LogP contribution in [0.4, 0.5) is 5.69 Å². The summed E-state index contributed by atoms with van der Waals surface area (Å²) in [5, 5.41) is 3.87. The van der Waals surface area contributed by atoms with E-state index >= 15 is 0 Å². The quantitative estimate of drug-likeness (QED) is 0.514. The van der Waals surface area contributed by atoms with Gasteiger partial charge in [0.1, 0.15) is 0 Å². The molecule has 25 heavy (non-hydrogen) atoms. The van der Waals surface area contributed by atoms with E-state index in [1.165, 1.54) is 0 Å². The lowest BCUT2D eigenvalue weighted by Crippen LogP contribution is -2.12. The molecule has 2 aromatic carbocycles. The molecule has 1 amide bonds. The molecule has 0 fully saturated rings. The number of H-pyrrole nitrogens is 1. The monoisotopic (exact) mass is 390 g/mol. The van der Waals surface area contributed by atoms with E-state index in [2.05, 4.69) is 37.3 Å². The Bertz CT molecular complexity index is 1060. The number of amides is 1. The number of carbonyl (C=O) groups is 1. The summed E-state index contributed by atoms with van der Waals surface area (Å²) < 4.78 is 0.866.